The van der Waals surface area contributed by atoms with Gasteiger partial charge in [-0.1, -0.05) is 0 Å². The van der Waals surface area contributed by atoms with E-state index in [1.54, 1.807) is 0 Å². The normalized spacial score (nSPS) is 19.2. The SMILES string of the molecule is Cl.O=C(NCC1CCCN1)c1sccc1Br. The van der Waals surface area contributed by atoms with Gasteiger partial charge in [0.15, 0.2) is 0 Å². The molecule has 2 rings (SSSR count). The second kappa shape index (κ2) is 6.59. The molecule has 1 saturated heterocycles. The third kappa shape index (κ3) is 3.45. The van der Waals surface area contributed by atoms with Crippen LogP contribution in [-0.4, -0.2) is 25.0 Å². The second-order valence-corrected chi connectivity index (χ2v) is 5.37. The van der Waals surface area contributed by atoms with Crippen LogP contribution in [0.3, 0.4) is 0 Å². The number of amides is 1. The van der Waals surface area contributed by atoms with Crippen LogP contribution in [0.15, 0.2) is 15.9 Å². The summed E-state index contributed by atoms with van der Waals surface area (Å²) in [5, 5.41) is 8.21. The van der Waals surface area contributed by atoms with E-state index < -0.39 is 0 Å². The van der Waals surface area contributed by atoms with Gasteiger partial charge in [-0.2, -0.15) is 0 Å². The molecule has 3 nitrogen and oxygen atoms in total. The van der Waals surface area contributed by atoms with Gasteiger partial charge in [-0.25, -0.2) is 0 Å². The molecule has 1 aliphatic heterocycles. The molecule has 1 aromatic heterocycles. The highest BCUT2D eigenvalue weighted by molar-refractivity contribution is 9.10. The highest BCUT2D eigenvalue weighted by atomic mass is 79.9. The monoisotopic (exact) mass is 324 g/mol. The smallest absolute Gasteiger partial charge is 0.262 e. The molecule has 1 aliphatic rings. The van der Waals surface area contributed by atoms with E-state index in [0.717, 1.165) is 28.9 Å². The van der Waals surface area contributed by atoms with Crippen LogP contribution in [0.5, 0.6) is 0 Å². The summed E-state index contributed by atoms with van der Waals surface area (Å²) in [5.41, 5.74) is 0. The largest absolute Gasteiger partial charge is 0.350 e. The van der Waals surface area contributed by atoms with Crippen LogP contribution in [0.4, 0.5) is 0 Å². The molecule has 2 N–H and O–H groups in total. The highest BCUT2D eigenvalue weighted by Crippen LogP contribution is 2.22. The fraction of sp³-hybridized carbons (Fsp3) is 0.500. The van der Waals surface area contributed by atoms with Gasteiger partial charge in [0.2, 0.25) is 0 Å². The summed E-state index contributed by atoms with van der Waals surface area (Å²) < 4.78 is 0.879. The number of halogens is 2. The lowest BCUT2D eigenvalue weighted by atomic mass is 10.2. The molecule has 1 aromatic rings. The molecule has 0 spiro atoms. The molecule has 0 radical (unpaired) electrons. The maximum atomic E-state index is 11.7. The van der Waals surface area contributed by atoms with Crippen molar-refractivity contribution >= 4 is 45.6 Å². The lowest BCUT2D eigenvalue weighted by molar-refractivity contribution is 0.0953. The highest BCUT2D eigenvalue weighted by Gasteiger charge is 2.16. The average molecular weight is 326 g/mol. The molecule has 1 atom stereocenters. The van der Waals surface area contributed by atoms with Crippen molar-refractivity contribution in [3.63, 3.8) is 0 Å². The van der Waals surface area contributed by atoms with E-state index in [-0.39, 0.29) is 18.3 Å². The van der Waals surface area contributed by atoms with Gasteiger partial charge >= 0.3 is 0 Å². The zero-order valence-electron chi connectivity index (χ0n) is 8.66. The van der Waals surface area contributed by atoms with E-state index >= 15 is 0 Å². The summed E-state index contributed by atoms with van der Waals surface area (Å²) in [7, 11) is 0. The van der Waals surface area contributed by atoms with Gasteiger partial charge < -0.3 is 10.6 Å². The standard InChI is InChI=1S/C10H13BrN2OS.ClH/c11-8-3-5-15-9(8)10(14)13-6-7-2-1-4-12-7;/h3,5,7,12H,1-2,4,6H2,(H,13,14);1H. The first-order chi connectivity index (χ1) is 7.27. The number of thiophene rings is 1. The molecule has 1 unspecified atom stereocenters. The van der Waals surface area contributed by atoms with Gasteiger partial charge in [0.1, 0.15) is 4.88 Å². The molecule has 16 heavy (non-hydrogen) atoms. The molecular weight excluding hydrogens is 312 g/mol. The topological polar surface area (TPSA) is 41.1 Å². The fourth-order valence-corrected chi connectivity index (χ4v) is 3.15. The van der Waals surface area contributed by atoms with Gasteiger partial charge in [-0.15, -0.1) is 23.7 Å². The summed E-state index contributed by atoms with van der Waals surface area (Å²) in [6.07, 6.45) is 2.37. The Balaban J connectivity index is 0.00000128. The Kier molecular flexibility index (Phi) is 5.75. The Hall–Kier alpha value is -0.100. The lowest BCUT2D eigenvalue weighted by Crippen LogP contribution is -2.36. The predicted molar refractivity (Wildman–Crippen MR) is 72.6 cm³/mol. The lowest BCUT2D eigenvalue weighted by Gasteiger charge is -2.10. The summed E-state index contributed by atoms with van der Waals surface area (Å²) in [5.74, 6) is 0.0191. The molecule has 0 bridgehead atoms. The van der Waals surface area contributed by atoms with Crippen molar-refractivity contribution in [1.29, 1.82) is 0 Å². The maximum absolute atomic E-state index is 11.7. The van der Waals surface area contributed by atoms with E-state index in [1.165, 1.54) is 17.8 Å². The van der Waals surface area contributed by atoms with Crippen LogP contribution in [0.25, 0.3) is 0 Å². The van der Waals surface area contributed by atoms with Crippen LogP contribution < -0.4 is 10.6 Å². The molecule has 90 valence electrons. The summed E-state index contributed by atoms with van der Waals surface area (Å²) in [6.45, 7) is 1.80. The molecule has 6 heteroatoms. The second-order valence-electron chi connectivity index (χ2n) is 3.60. The molecular formula is C10H14BrClN2OS. The van der Waals surface area contributed by atoms with Crippen molar-refractivity contribution in [2.75, 3.05) is 13.1 Å². The van der Waals surface area contributed by atoms with Crippen molar-refractivity contribution in [1.82, 2.24) is 10.6 Å². The average Bonchev–Trinajstić information content (AvgIpc) is 2.84. The Labute approximate surface area is 114 Å². The van der Waals surface area contributed by atoms with E-state index in [4.69, 9.17) is 0 Å². The predicted octanol–water partition coefficient (Wildman–Crippen LogP) is 2.41. The van der Waals surface area contributed by atoms with Crippen LogP contribution in [0.2, 0.25) is 0 Å². The van der Waals surface area contributed by atoms with Crippen molar-refractivity contribution in [3.05, 3.63) is 20.8 Å². The number of carbonyl (C=O) groups excluding carboxylic acids is 1. The number of rotatable bonds is 3. The first-order valence-electron chi connectivity index (χ1n) is 5.02. The molecule has 0 aliphatic carbocycles. The summed E-state index contributed by atoms with van der Waals surface area (Å²) in [4.78, 5) is 12.5. The number of hydrogen-bond acceptors (Lipinski definition) is 3. The number of hydrogen-bond donors (Lipinski definition) is 2. The van der Waals surface area contributed by atoms with E-state index in [1.807, 2.05) is 11.4 Å². The van der Waals surface area contributed by atoms with Gasteiger partial charge in [-0.3, -0.25) is 4.79 Å². The van der Waals surface area contributed by atoms with Gasteiger partial charge in [0.25, 0.3) is 5.91 Å². The van der Waals surface area contributed by atoms with Gasteiger partial charge in [0.05, 0.1) is 0 Å². The number of nitrogens with one attached hydrogen (secondary N) is 2. The van der Waals surface area contributed by atoms with Crippen LogP contribution in [-0.2, 0) is 0 Å². The minimum atomic E-state index is 0. The van der Waals surface area contributed by atoms with Crippen LogP contribution in [0, 0.1) is 0 Å². The number of carbonyl (C=O) groups is 1. The van der Waals surface area contributed by atoms with Crippen LogP contribution in [0.1, 0.15) is 22.5 Å². The Morgan fingerprint density at radius 3 is 3.06 bits per heavy atom. The van der Waals surface area contributed by atoms with E-state index in [0.29, 0.717) is 6.04 Å². The van der Waals surface area contributed by atoms with E-state index in [2.05, 4.69) is 26.6 Å². The van der Waals surface area contributed by atoms with Gasteiger partial charge in [0, 0.05) is 17.1 Å². The van der Waals surface area contributed by atoms with Crippen molar-refractivity contribution in [2.24, 2.45) is 0 Å². The molecule has 1 fully saturated rings. The van der Waals surface area contributed by atoms with Gasteiger partial charge in [-0.05, 0) is 46.8 Å². The molecule has 1 amide bonds. The minimum absolute atomic E-state index is 0. The zero-order chi connectivity index (χ0) is 10.7. The minimum Gasteiger partial charge on any atom is -0.350 e. The Morgan fingerprint density at radius 1 is 1.69 bits per heavy atom. The summed E-state index contributed by atoms with van der Waals surface area (Å²) in [6, 6.07) is 2.35. The van der Waals surface area contributed by atoms with Crippen LogP contribution >= 0.6 is 39.7 Å². The van der Waals surface area contributed by atoms with Crippen molar-refractivity contribution in [3.8, 4) is 0 Å². The first kappa shape index (κ1) is 14.0. The Bertz CT molecular complexity index is 352. The quantitative estimate of drug-likeness (QED) is 0.896. The first-order valence-corrected chi connectivity index (χ1v) is 6.69. The Morgan fingerprint density at radius 2 is 2.50 bits per heavy atom. The van der Waals surface area contributed by atoms with Crippen molar-refractivity contribution in [2.45, 2.75) is 18.9 Å². The van der Waals surface area contributed by atoms with Crippen molar-refractivity contribution < 1.29 is 4.79 Å². The zero-order valence-corrected chi connectivity index (χ0v) is 11.9. The molecule has 0 saturated carbocycles. The third-order valence-electron chi connectivity index (χ3n) is 2.49. The third-order valence-corrected chi connectivity index (χ3v) is 4.33. The maximum Gasteiger partial charge on any atom is 0.262 e. The molecule has 2 heterocycles. The van der Waals surface area contributed by atoms with E-state index in [9.17, 15) is 4.79 Å². The summed E-state index contributed by atoms with van der Waals surface area (Å²) >= 11 is 4.82. The molecule has 0 aromatic carbocycles. The fourth-order valence-electron chi connectivity index (χ4n) is 1.68.